The number of halogens is 1. The van der Waals surface area contributed by atoms with Crippen molar-refractivity contribution in [2.45, 2.75) is 26.2 Å². The van der Waals surface area contributed by atoms with Gasteiger partial charge in [-0.1, -0.05) is 24.6 Å². The van der Waals surface area contributed by atoms with Crippen molar-refractivity contribution in [2.75, 3.05) is 43.5 Å². The van der Waals surface area contributed by atoms with Crippen LogP contribution in [0.1, 0.15) is 26.2 Å². The van der Waals surface area contributed by atoms with Gasteiger partial charge in [0.1, 0.15) is 11.6 Å². The van der Waals surface area contributed by atoms with E-state index >= 15 is 0 Å². The molecule has 31 heavy (non-hydrogen) atoms. The predicted molar refractivity (Wildman–Crippen MR) is 123 cm³/mol. The van der Waals surface area contributed by atoms with Gasteiger partial charge in [-0.05, 0) is 55.8 Å². The number of nitrogens with zero attached hydrogens (tertiary/aromatic N) is 2. The smallest absolute Gasteiger partial charge is 0.229 e. The molecule has 2 atom stereocenters. The molecule has 166 valence electrons. The highest BCUT2D eigenvalue weighted by Crippen LogP contribution is 2.29. The first-order chi connectivity index (χ1) is 15.1. The standard InChI is InChI=1S/C23H30ClN5O2/c1-15-9-17(13-25-11-15)23(30)29-22-10-18(19(24)14-27-22)20-3-2-4-21(28-20)26-12-16-5-7-31-8-6-16/h2-4,10,14-17,25H,5-9,11-13H2,1H3,(H,26,28)(H,27,29,30)/t15-,17-/m1/s1. The van der Waals surface area contributed by atoms with E-state index < -0.39 is 0 Å². The zero-order chi connectivity index (χ0) is 21.6. The van der Waals surface area contributed by atoms with Gasteiger partial charge < -0.3 is 20.7 Å². The minimum absolute atomic E-state index is 0.0142. The first-order valence-electron chi connectivity index (χ1n) is 11.0. The largest absolute Gasteiger partial charge is 0.381 e. The van der Waals surface area contributed by atoms with Crippen LogP contribution in [-0.2, 0) is 9.53 Å². The second-order valence-corrected chi connectivity index (χ2v) is 8.99. The lowest BCUT2D eigenvalue weighted by Crippen LogP contribution is -2.41. The lowest BCUT2D eigenvalue weighted by molar-refractivity contribution is -0.120. The molecule has 3 N–H and O–H groups in total. The molecule has 2 aromatic rings. The van der Waals surface area contributed by atoms with Gasteiger partial charge in [0.25, 0.3) is 0 Å². The highest BCUT2D eigenvalue weighted by atomic mass is 35.5. The van der Waals surface area contributed by atoms with Gasteiger partial charge in [0, 0.05) is 38.1 Å². The van der Waals surface area contributed by atoms with E-state index in [0.29, 0.717) is 29.2 Å². The summed E-state index contributed by atoms with van der Waals surface area (Å²) in [5, 5.41) is 10.2. The Morgan fingerprint density at radius 1 is 1.26 bits per heavy atom. The third kappa shape index (κ3) is 5.93. The molecule has 2 saturated heterocycles. The first-order valence-corrected chi connectivity index (χ1v) is 11.4. The second-order valence-electron chi connectivity index (χ2n) is 8.58. The van der Waals surface area contributed by atoms with Crippen LogP contribution in [0.15, 0.2) is 30.5 Å². The van der Waals surface area contributed by atoms with Crippen LogP contribution in [0.5, 0.6) is 0 Å². The third-order valence-electron chi connectivity index (χ3n) is 5.99. The Morgan fingerprint density at radius 3 is 2.90 bits per heavy atom. The zero-order valence-corrected chi connectivity index (χ0v) is 18.6. The number of anilines is 2. The summed E-state index contributed by atoms with van der Waals surface area (Å²) < 4.78 is 5.43. The van der Waals surface area contributed by atoms with Crippen LogP contribution in [0.2, 0.25) is 5.02 Å². The van der Waals surface area contributed by atoms with Crippen LogP contribution < -0.4 is 16.0 Å². The average molecular weight is 444 g/mol. The zero-order valence-electron chi connectivity index (χ0n) is 17.9. The van der Waals surface area contributed by atoms with E-state index in [0.717, 1.165) is 62.6 Å². The molecule has 2 aliphatic heterocycles. The predicted octanol–water partition coefficient (Wildman–Crippen LogP) is 3.82. The quantitative estimate of drug-likeness (QED) is 0.629. The summed E-state index contributed by atoms with van der Waals surface area (Å²) in [6.07, 6.45) is 4.59. The number of ether oxygens (including phenoxy) is 1. The number of aromatic nitrogens is 2. The van der Waals surface area contributed by atoms with Crippen molar-refractivity contribution in [3.05, 3.63) is 35.5 Å². The van der Waals surface area contributed by atoms with E-state index in [1.165, 1.54) is 0 Å². The Labute approximate surface area is 188 Å². The summed E-state index contributed by atoms with van der Waals surface area (Å²) in [5.74, 6) is 2.32. The molecule has 2 fully saturated rings. The van der Waals surface area contributed by atoms with E-state index in [1.807, 2.05) is 18.2 Å². The van der Waals surface area contributed by atoms with Crippen LogP contribution in [0.3, 0.4) is 0 Å². The van der Waals surface area contributed by atoms with E-state index in [2.05, 4.69) is 27.9 Å². The second kappa shape index (κ2) is 10.4. The van der Waals surface area contributed by atoms with Crippen LogP contribution in [0.4, 0.5) is 11.6 Å². The molecule has 2 aromatic heterocycles. The van der Waals surface area contributed by atoms with Gasteiger partial charge in [0.15, 0.2) is 0 Å². The molecule has 0 radical (unpaired) electrons. The Hall–Kier alpha value is -2.22. The molecule has 0 bridgehead atoms. The van der Waals surface area contributed by atoms with Crippen LogP contribution in [-0.4, -0.2) is 48.7 Å². The number of carbonyl (C=O) groups excluding carboxylic acids is 1. The lowest BCUT2D eigenvalue weighted by atomic mass is 9.91. The molecule has 8 heteroatoms. The fourth-order valence-electron chi connectivity index (χ4n) is 4.17. The molecular formula is C23H30ClN5O2. The molecule has 0 aliphatic carbocycles. The normalized spacial score (nSPS) is 22.1. The van der Waals surface area contributed by atoms with Crippen molar-refractivity contribution in [2.24, 2.45) is 17.8 Å². The molecule has 4 rings (SSSR count). The van der Waals surface area contributed by atoms with E-state index in [1.54, 1.807) is 12.3 Å². The van der Waals surface area contributed by atoms with Gasteiger partial charge >= 0.3 is 0 Å². The van der Waals surface area contributed by atoms with Crippen molar-refractivity contribution >= 4 is 29.1 Å². The number of nitrogens with one attached hydrogen (secondary N) is 3. The average Bonchev–Trinajstić information content (AvgIpc) is 2.80. The number of amides is 1. The van der Waals surface area contributed by atoms with Crippen molar-refractivity contribution in [1.29, 1.82) is 0 Å². The summed E-state index contributed by atoms with van der Waals surface area (Å²) in [4.78, 5) is 21.7. The molecule has 2 aliphatic rings. The minimum atomic E-state index is -0.0551. The summed E-state index contributed by atoms with van der Waals surface area (Å²) in [6.45, 7) is 6.34. The fourth-order valence-corrected chi connectivity index (χ4v) is 4.37. The van der Waals surface area contributed by atoms with Crippen LogP contribution >= 0.6 is 11.6 Å². The maximum atomic E-state index is 12.7. The Kier molecular flexibility index (Phi) is 7.37. The SMILES string of the molecule is C[C@H]1CNC[C@H](C(=O)Nc2cc(-c3cccc(NCC4CCOCC4)n3)c(Cl)cn2)C1. The Morgan fingerprint density at radius 2 is 2.10 bits per heavy atom. The number of hydrogen-bond donors (Lipinski definition) is 3. The number of carbonyl (C=O) groups is 1. The first kappa shape index (κ1) is 22.0. The van der Waals surface area contributed by atoms with E-state index in [4.69, 9.17) is 21.3 Å². The van der Waals surface area contributed by atoms with Crippen molar-refractivity contribution in [3.8, 4) is 11.3 Å². The van der Waals surface area contributed by atoms with Crippen LogP contribution in [0, 0.1) is 17.8 Å². The summed E-state index contributed by atoms with van der Waals surface area (Å²) >= 11 is 6.43. The molecule has 0 spiro atoms. The van der Waals surface area contributed by atoms with E-state index in [9.17, 15) is 4.79 Å². The highest BCUT2D eigenvalue weighted by Gasteiger charge is 2.25. The van der Waals surface area contributed by atoms with Crippen LogP contribution in [0.25, 0.3) is 11.3 Å². The molecule has 1 amide bonds. The van der Waals surface area contributed by atoms with Gasteiger partial charge in [-0.2, -0.15) is 0 Å². The number of pyridine rings is 2. The molecule has 7 nitrogen and oxygen atoms in total. The van der Waals surface area contributed by atoms with Crippen molar-refractivity contribution < 1.29 is 9.53 Å². The summed E-state index contributed by atoms with van der Waals surface area (Å²) in [6, 6.07) is 7.63. The topological polar surface area (TPSA) is 88.2 Å². The monoisotopic (exact) mass is 443 g/mol. The van der Waals surface area contributed by atoms with Gasteiger partial charge in [-0.15, -0.1) is 0 Å². The van der Waals surface area contributed by atoms with Gasteiger partial charge in [-0.25, -0.2) is 9.97 Å². The molecule has 0 saturated carbocycles. The number of piperidine rings is 1. The Balaban J connectivity index is 1.44. The molecule has 0 aromatic carbocycles. The maximum absolute atomic E-state index is 12.7. The van der Waals surface area contributed by atoms with Gasteiger partial charge in [0.05, 0.1) is 16.6 Å². The lowest BCUT2D eigenvalue weighted by Gasteiger charge is -2.26. The summed E-state index contributed by atoms with van der Waals surface area (Å²) in [7, 11) is 0. The highest BCUT2D eigenvalue weighted by molar-refractivity contribution is 6.33. The number of rotatable bonds is 6. The van der Waals surface area contributed by atoms with Crippen molar-refractivity contribution in [3.63, 3.8) is 0 Å². The molecule has 4 heterocycles. The maximum Gasteiger partial charge on any atom is 0.229 e. The Bertz CT molecular complexity index is 903. The fraction of sp³-hybridized carbons (Fsp3) is 0.522. The third-order valence-corrected chi connectivity index (χ3v) is 6.29. The van der Waals surface area contributed by atoms with Gasteiger partial charge in [0.2, 0.25) is 5.91 Å². The number of hydrogen-bond acceptors (Lipinski definition) is 6. The summed E-state index contributed by atoms with van der Waals surface area (Å²) in [5.41, 5.74) is 1.49. The van der Waals surface area contributed by atoms with Gasteiger partial charge in [-0.3, -0.25) is 4.79 Å². The van der Waals surface area contributed by atoms with Crippen molar-refractivity contribution in [1.82, 2.24) is 15.3 Å². The minimum Gasteiger partial charge on any atom is -0.381 e. The van der Waals surface area contributed by atoms with E-state index in [-0.39, 0.29) is 11.8 Å². The molecule has 0 unspecified atom stereocenters. The molecular weight excluding hydrogens is 414 g/mol.